The number of aliphatic hydroxyl groups excluding tert-OH is 1. The first-order chi connectivity index (χ1) is 9.85. The minimum atomic E-state index is -1.25. The van der Waals surface area contributed by atoms with E-state index in [2.05, 4.69) is 5.32 Å². The Labute approximate surface area is 135 Å². The lowest BCUT2D eigenvalue weighted by molar-refractivity contribution is -0.142. The van der Waals surface area contributed by atoms with Crippen molar-refractivity contribution in [2.45, 2.75) is 12.5 Å². The number of carboxylic acids is 1. The fourth-order valence-electron chi connectivity index (χ4n) is 1.38. The average molecular weight is 357 g/mol. The smallest absolute Gasteiger partial charge is 0.326 e. The van der Waals surface area contributed by atoms with Gasteiger partial charge in [0.1, 0.15) is 11.8 Å². The molecule has 1 amide bonds. The van der Waals surface area contributed by atoms with Gasteiger partial charge < -0.3 is 20.3 Å². The zero-order chi connectivity index (χ0) is 16.0. The van der Waals surface area contributed by atoms with Gasteiger partial charge in [0.15, 0.2) is 6.61 Å². The number of aliphatic hydroxyl groups is 1. The summed E-state index contributed by atoms with van der Waals surface area (Å²) < 4.78 is 5.15. The van der Waals surface area contributed by atoms with Crippen LogP contribution in [0, 0.1) is 0 Å². The van der Waals surface area contributed by atoms with E-state index < -0.39 is 24.5 Å². The standard InChI is InChI=1S/C12H12Cl3NO5/c13-6-3-8(15)10(4-7(6)14)21-5-11(18)16-9(1-2-17)12(19)20/h3-4,9,17H,1-2,5H2,(H,16,18)(H,19,20). The number of hydrogen-bond donors (Lipinski definition) is 3. The number of halogens is 3. The lowest BCUT2D eigenvalue weighted by Crippen LogP contribution is -2.43. The maximum absolute atomic E-state index is 11.6. The molecule has 116 valence electrons. The monoisotopic (exact) mass is 355 g/mol. The normalized spacial score (nSPS) is 11.8. The van der Waals surface area contributed by atoms with Crippen LogP contribution in [0.3, 0.4) is 0 Å². The van der Waals surface area contributed by atoms with Crippen LogP contribution in [0.25, 0.3) is 0 Å². The van der Waals surface area contributed by atoms with Crippen molar-refractivity contribution in [3.8, 4) is 5.75 Å². The Bertz CT molecular complexity index is 538. The molecule has 9 heteroatoms. The van der Waals surface area contributed by atoms with Crippen LogP contribution in [0.15, 0.2) is 12.1 Å². The molecule has 0 radical (unpaired) electrons. The topological polar surface area (TPSA) is 95.9 Å². The second kappa shape index (κ2) is 8.29. The molecular formula is C12H12Cl3NO5. The summed E-state index contributed by atoms with van der Waals surface area (Å²) in [5.41, 5.74) is 0. The van der Waals surface area contributed by atoms with Gasteiger partial charge in [0, 0.05) is 19.1 Å². The van der Waals surface area contributed by atoms with Crippen LogP contribution in [-0.2, 0) is 9.59 Å². The summed E-state index contributed by atoms with van der Waals surface area (Å²) in [7, 11) is 0. The molecule has 0 spiro atoms. The number of nitrogens with one attached hydrogen (secondary N) is 1. The summed E-state index contributed by atoms with van der Waals surface area (Å²) in [5.74, 6) is -1.77. The minimum absolute atomic E-state index is 0.103. The van der Waals surface area contributed by atoms with E-state index >= 15 is 0 Å². The molecule has 1 unspecified atom stereocenters. The summed E-state index contributed by atoms with van der Waals surface area (Å²) in [6.45, 7) is -0.816. The molecule has 0 aliphatic rings. The third-order valence-electron chi connectivity index (χ3n) is 2.38. The molecule has 1 aromatic rings. The molecule has 0 aromatic heterocycles. The summed E-state index contributed by atoms with van der Waals surface area (Å²) in [4.78, 5) is 22.4. The van der Waals surface area contributed by atoms with Gasteiger partial charge in [-0.2, -0.15) is 0 Å². The van der Waals surface area contributed by atoms with Gasteiger partial charge in [-0.05, 0) is 6.07 Å². The fourth-order valence-corrected chi connectivity index (χ4v) is 1.97. The summed E-state index contributed by atoms with van der Waals surface area (Å²) >= 11 is 17.4. The van der Waals surface area contributed by atoms with E-state index in [1.54, 1.807) is 0 Å². The van der Waals surface area contributed by atoms with Gasteiger partial charge in [-0.1, -0.05) is 34.8 Å². The van der Waals surface area contributed by atoms with E-state index in [0.717, 1.165) is 0 Å². The van der Waals surface area contributed by atoms with E-state index in [1.807, 2.05) is 0 Å². The van der Waals surface area contributed by atoms with Gasteiger partial charge >= 0.3 is 5.97 Å². The van der Waals surface area contributed by atoms with Crippen LogP contribution in [0.5, 0.6) is 5.75 Å². The second-order valence-electron chi connectivity index (χ2n) is 3.96. The number of carboxylic acid groups (broad SMARTS) is 1. The zero-order valence-electron chi connectivity index (χ0n) is 10.6. The molecule has 0 heterocycles. The van der Waals surface area contributed by atoms with Crippen LogP contribution < -0.4 is 10.1 Å². The maximum Gasteiger partial charge on any atom is 0.326 e. The largest absolute Gasteiger partial charge is 0.482 e. The third kappa shape index (κ3) is 5.59. The first-order valence-electron chi connectivity index (χ1n) is 5.75. The van der Waals surface area contributed by atoms with Gasteiger partial charge in [-0.25, -0.2) is 4.79 Å². The molecule has 3 N–H and O–H groups in total. The number of amides is 1. The average Bonchev–Trinajstić information content (AvgIpc) is 2.40. The van der Waals surface area contributed by atoms with Crippen LogP contribution in [0.4, 0.5) is 0 Å². The lowest BCUT2D eigenvalue weighted by atomic mass is 10.2. The van der Waals surface area contributed by atoms with Crippen molar-refractivity contribution in [1.82, 2.24) is 5.32 Å². The highest BCUT2D eigenvalue weighted by Gasteiger charge is 2.19. The highest BCUT2D eigenvalue weighted by molar-refractivity contribution is 6.43. The van der Waals surface area contributed by atoms with Crippen LogP contribution >= 0.6 is 34.8 Å². The first kappa shape index (κ1) is 17.8. The molecule has 6 nitrogen and oxygen atoms in total. The maximum atomic E-state index is 11.6. The summed E-state index contributed by atoms with van der Waals surface area (Å²) in [6, 6.07) is 1.53. The Balaban J connectivity index is 2.60. The molecule has 0 aliphatic carbocycles. The number of carbonyl (C=O) groups excluding carboxylic acids is 1. The number of benzene rings is 1. The highest BCUT2D eigenvalue weighted by Crippen LogP contribution is 2.33. The highest BCUT2D eigenvalue weighted by atomic mass is 35.5. The van der Waals surface area contributed by atoms with E-state index in [-0.39, 0.29) is 33.8 Å². The van der Waals surface area contributed by atoms with Gasteiger partial charge in [0.2, 0.25) is 0 Å². The van der Waals surface area contributed by atoms with Crippen LogP contribution in [0.1, 0.15) is 6.42 Å². The van der Waals surface area contributed by atoms with Crippen molar-refractivity contribution in [2.24, 2.45) is 0 Å². The fraction of sp³-hybridized carbons (Fsp3) is 0.333. The van der Waals surface area contributed by atoms with Crippen molar-refractivity contribution >= 4 is 46.7 Å². The van der Waals surface area contributed by atoms with E-state index in [4.69, 9.17) is 49.8 Å². The zero-order valence-corrected chi connectivity index (χ0v) is 12.9. The van der Waals surface area contributed by atoms with Crippen LogP contribution in [0.2, 0.25) is 15.1 Å². The number of carbonyl (C=O) groups is 2. The number of ether oxygens (including phenoxy) is 1. The number of aliphatic carboxylic acids is 1. The van der Waals surface area contributed by atoms with Gasteiger partial charge in [-0.3, -0.25) is 4.79 Å². The number of hydrogen-bond acceptors (Lipinski definition) is 4. The van der Waals surface area contributed by atoms with Gasteiger partial charge in [0.25, 0.3) is 5.91 Å². The molecule has 0 bridgehead atoms. The Morgan fingerprint density at radius 3 is 2.38 bits per heavy atom. The molecule has 1 atom stereocenters. The van der Waals surface area contributed by atoms with Crippen molar-refractivity contribution in [2.75, 3.05) is 13.2 Å². The quantitative estimate of drug-likeness (QED) is 0.649. The molecular weight excluding hydrogens is 344 g/mol. The molecule has 21 heavy (non-hydrogen) atoms. The van der Waals surface area contributed by atoms with E-state index in [1.165, 1.54) is 12.1 Å². The van der Waals surface area contributed by atoms with Crippen molar-refractivity contribution in [1.29, 1.82) is 0 Å². The molecule has 0 fully saturated rings. The Morgan fingerprint density at radius 2 is 1.81 bits per heavy atom. The van der Waals surface area contributed by atoms with E-state index in [0.29, 0.717) is 0 Å². The Morgan fingerprint density at radius 1 is 1.19 bits per heavy atom. The van der Waals surface area contributed by atoms with Gasteiger partial charge in [-0.15, -0.1) is 0 Å². The lowest BCUT2D eigenvalue weighted by Gasteiger charge is -2.14. The molecule has 0 aliphatic heterocycles. The third-order valence-corrected chi connectivity index (χ3v) is 3.40. The minimum Gasteiger partial charge on any atom is -0.482 e. The summed E-state index contributed by atoms with van der Waals surface area (Å²) in [6.07, 6.45) is -0.103. The van der Waals surface area contributed by atoms with E-state index in [9.17, 15) is 9.59 Å². The van der Waals surface area contributed by atoms with Gasteiger partial charge in [0.05, 0.1) is 15.1 Å². The van der Waals surface area contributed by atoms with Crippen molar-refractivity contribution in [3.63, 3.8) is 0 Å². The van der Waals surface area contributed by atoms with Crippen LogP contribution in [-0.4, -0.2) is 41.3 Å². The molecule has 0 saturated carbocycles. The van der Waals surface area contributed by atoms with Crippen molar-refractivity contribution < 1.29 is 24.5 Å². The van der Waals surface area contributed by atoms with Crippen molar-refractivity contribution in [3.05, 3.63) is 27.2 Å². The second-order valence-corrected chi connectivity index (χ2v) is 5.18. The Hall–Kier alpha value is -1.21. The predicted molar refractivity (Wildman–Crippen MR) is 78.2 cm³/mol. The SMILES string of the molecule is O=C(COc1cc(Cl)c(Cl)cc1Cl)NC(CCO)C(=O)O. The predicted octanol–water partition coefficient (Wildman–Crippen LogP) is 1.98. The summed E-state index contributed by atoms with van der Waals surface area (Å²) in [5, 5.41) is 20.4. The molecule has 1 rings (SSSR count). The molecule has 1 aromatic carbocycles. The number of rotatable bonds is 7. The first-order valence-corrected chi connectivity index (χ1v) is 6.89. The molecule has 0 saturated heterocycles. The Kier molecular flexibility index (Phi) is 7.04.